The van der Waals surface area contributed by atoms with Crippen LogP contribution in [-0.2, 0) is 0 Å². The maximum absolute atomic E-state index is 6.97. The van der Waals surface area contributed by atoms with E-state index >= 15 is 0 Å². The molecule has 0 radical (unpaired) electrons. The van der Waals surface area contributed by atoms with Gasteiger partial charge in [0.25, 0.3) is 0 Å². The lowest BCUT2D eigenvalue weighted by molar-refractivity contribution is 1.07. The average Bonchev–Trinajstić information content (AvgIpc) is 1.61. The fourth-order valence-corrected chi connectivity index (χ4v) is 0.329. The van der Waals surface area contributed by atoms with Crippen molar-refractivity contribution < 1.29 is 0 Å². The molecular formula is C5H10N2S. The third-order valence-corrected chi connectivity index (χ3v) is 0.747. The molecule has 2 N–H and O–H groups in total. The number of hydrogen-bond acceptors (Lipinski definition) is 2. The topological polar surface area (TPSA) is 35.9 Å². The van der Waals surface area contributed by atoms with Crippen LogP contribution in [-0.4, -0.2) is 17.2 Å². The standard InChI is InChI=1S/C5H10N2S/c1-4(6)3-7-5(2)8/h6H,3H2,1-2H3,(H,7,8). The first-order chi connectivity index (χ1) is 3.63. The molecule has 0 aromatic rings. The molecule has 0 amide bonds. The van der Waals surface area contributed by atoms with E-state index in [4.69, 9.17) is 17.6 Å². The molecule has 0 spiro atoms. The molecule has 46 valence electrons. The van der Waals surface area contributed by atoms with E-state index in [9.17, 15) is 0 Å². The molecule has 3 heteroatoms. The molecule has 0 saturated carbocycles. The Labute approximate surface area is 54.8 Å². The fraction of sp³-hybridized carbons (Fsp3) is 0.600. The van der Waals surface area contributed by atoms with E-state index in [0.29, 0.717) is 12.3 Å². The van der Waals surface area contributed by atoms with Crippen LogP contribution in [0.5, 0.6) is 0 Å². The van der Waals surface area contributed by atoms with E-state index in [-0.39, 0.29) is 0 Å². The first-order valence-electron chi connectivity index (χ1n) is 2.41. The van der Waals surface area contributed by atoms with Crippen molar-refractivity contribution in [3.8, 4) is 0 Å². The Morgan fingerprint density at radius 1 is 1.62 bits per heavy atom. The zero-order chi connectivity index (χ0) is 6.57. The zero-order valence-corrected chi connectivity index (χ0v) is 5.93. The summed E-state index contributed by atoms with van der Waals surface area (Å²) in [6.45, 7) is 4.12. The maximum atomic E-state index is 6.97. The minimum Gasteiger partial charge on any atom is -0.375 e. The van der Waals surface area contributed by atoms with Crippen molar-refractivity contribution >= 4 is 22.9 Å². The second kappa shape index (κ2) is 3.55. The minimum atomic E-state index is 0.579. The SMILES string of the molecule is CC(=N)CNC(C)=S. The second-order valence-electron chi connectivity index (χ2n) is 1.69. The lowest BCUT2D eigenvalue weighted by Crippen LogP contribution is -2.23. The second-order valence-corrected chi connectivity index (χ2v) is 2.30. The van der Waals surface area contributed by atoms with E-state index in [1.807, 2.05) is 0 Å². The molecule has 0 aliphatic heterocycles. The summed E-state index contributed by atoms with van der Waals surface area (Å²) in [5, 5.41) is 9.82. The molecule has 0 rings (SSSR count). The van der Waals surface area contributed by atoms with Crippen LogP contribution in [0.15, 0.2) is 0 Å². The summed E-state index contributed by atoms with van der Waals surface area (Å²) in [4.78, 5) is 0.747. The molecule has 0 aliphatic rings. The van der Waals surface area contributed by atoms with Gasteiger partial charge in [-0.25, -0.2) is 0 Å². The van der Waals surface area contributed by atoms with Crippen LogP contribution in [0.25, 0.3) is 0 Å². The number of hydrogen-bond donors (Lipinski definition) is 2. The van der Waals surface area contributed by atoms with Gasteiger partial charge in [-0.15, -0.1) is 0 Å². The van der Waals surface area contributed by atoms with Crippen LogP contribution >= 0.6 is 12.2 Å². The molecule has 0 bridgehead atoms. The third-order valence-electron chi connectivity index (χ3n) is 0.602. The van der Waals surface area contributed by atoms with Crippen LogP contribution in [0.4, 0.5) is 0 Å². The van der Waals surface area contributed by atoms with E-state index in [0.717, 1.165) is 4.99 Å². The summed E-state index contributed by atoms with van der Waals surface area (Å²) >= 11 is 4.71. The van der Waals surface area contributed by atoms with Gasteiger partial charge in [-0.1, -0.05) is 12.2 Å². The summed E-state index contributed by atoms with van der Waals surface area (Å²) < 4.78 is 0. The van der Waals surface area contributed by atoms with Crippen molar-refractivity contribution in [1.82, 2.24) is 5.32 Å². The highest BCUT2D eigenvalue weighted by Crippen LogP contribution is 1.68. The summed E-state index contributed by atoms with van der Waals surface area (Å²) in [5.41, 5.74) is 0.606. The Bertz CT molecular complexity index is 95.0. The lowest BCUT2D eigenvalue weighted by atomic mass is 10.4. The van der Waals surface area contributed by atoms with Crippen molar-refractivity contribution in [1.29, 1.82) is 5.41 Å². The highest BCUT2D eigenvalue weighted by molar-refractivity contribution is 7.80. The monoisotopic (exact) mass is 130 g/mol. The quantitative estimate of drug-likeness (QED) is 0.431. The van der Waals surface area contributed by atoms with Gasteiger partial charge in [-0.05, 0) is 13.8 Å². The molecule has 0 atom stereocenters. The molecule has 0 heterocycles. The number of rotatable bonds is 2. The largest absolute Gasteiger partial charge is 0.375 e. The van der Waals surface area contributed by atoms with Crippen LogP contribution in [0, 0.1) is 5.41 Å². The van der Waals surface area contributed by atoms with Gasteiger partial charge in [0.2, 0.25) is 0 Å². The van der Waals surface area contributed by atoms with Gasteiger partial charge in [0.1, 0.15) is 0 Å². The van der Waals surface area contributed by atoms with Gasteiger partial charge in [-0.3, -0.25) is 0 Å². The van der Waals surface area contributed by atoms with Crippen molar-refractivity contribution in [3.63, 3.8) is 0 Å². The van der Waals surface area contributed by atoms with Crippen molar-refractivity contribution in [3.05, 3.63) is 0 Å². The van der Waals surface area contributed by atoms with Crippen LogP contribution in [0.1, 0.15) is 13.8 Å². The van der Waals surface area contributed by atoms with Crippen LogP contribution < -0.4 is 5.32 Å². The number of thiocarbonyl (C=S) groups is 1. The van der Waals surface area contributed by atoms with E-state index in [1.54, 1.807) is 13.8 Å². The highest BCUT2D eigenvalue weighted by Gasteiger charge is 1.85. The van der Waals surface area contributed by atoms with Gasteiger partial charge in [0, 0.05) is 5.71 Å². The Morgan fingerprint density at radius 2 is 2.12 bits per heavy atom. The van der Waals surface area contributed by atoms with Gasteiger partial charge >= 0.3 is 0 Å². The van der Waals surface area contributed by atoms with Gasteiger partial charge in [0.15, 0.2) is 0 Å². The zero-order valence-electron chi connectivity index (χ0n) is 5.12. The van der Waals surface area contributed by atoms with Crippen LogP contribution in [0.2, 0.25) is 0 Å². The smallest absolute Gasteiger partial charge is 0.0724 e. The Hall–Kier alpha value is -0.440. The Balaban J connectivity index is 3.18. The normalized spacial score (nSPS) is 8.25. The van der Waals surface area contributed by atoms with Crippen molar-refractivity contribution in [2.45, 2.75) is 13.8 Å². The molecule has 0 aromatic heterocycles. The van der Waals surface area contributed by atoms with Crippen molar-refractivity contribution in [2.75, 3.05) is 6.54 Å². The summed E-state index contributed by atoms with van der Waals surface area (Å²) in [5.74, 6) is 0. The molecule has 0 unspecified atom stereocenters. The van der Waals surface area contributed by atoms with E-state index < -0.39 is 0 Å². The molecule has 0 aliphatic carbocycles. The molecule has 0 fully saturated rings. The average molecular weight is 130 g/mol. The molecular weight excluding hydrogens is 120 g/mol. The Kier molecular flexibility index (Phi) is 3.35. The van der Waals surface area contributed by atoms with Gasteiger partial charge in [0.05, 0.1) is 11.5 Å². The number of nitrogens with one attached hydrogen (secondary N) is 2. The predicted octanol–water partition coefficient (Wildman–Crippen LogP) is 0.963. The maximum Gasteiger partial charge on any atom is 0.0724 e. The Morgan fingerprint density at radius 3 is 2.25 bits per heavy atom. The highest BCUT2D eigenvalue weighted by atomic mass is 32.1. The fourth-order valence-electron chi connectivity index (χ4n) is 0.257. The molecule has 0 aromatic carbocycles. The minimum absolute atomic E-state index is 0.579. The van der Waals surface area contributed by atoms with Crippen molar-refractivity contribution in [2.24, 2.45) is 0 Å². The van der Waals surface area contributed by atoms with Gasteiger partial charge < -0.3 is 10.7 Å². The lowest BCUT2D eigenvalue weighted by Gasteiger charge is -1.98. The van der Waals surface area contributed by atoms with E-state index in [2.05, 4.69) is 5.32 Å². The molecule has 0 saturated heterocycles. The summed E-state index contributed by atoms with van der Waals surface area (Å²) in [6.07, 6.45) is 0. The predicted molar refractivity (Wildman–Crippen MR) is 39.7 cm³/mol. The van der Waals surface area contributed by atoms with Gasteiger partial charge in [-0.2, -0.15) is 0 Å². The van der Waals surface area contributed by atoms with E-state index in [1.165, 1.54) is 0 Å². The third kappa shape index (κ3) is 5.56. The first kappa shape index (κ1) is 7.56. The first-order valence-corrected chi connectivity index (χ1v) is 2.82. The molecule has 8 heavy (non-hydrogen) atoms. The summed E-state index contributed by atoms with van der Waals surface area (Å²) in [7, 11) is 0. The summed E-state index contributed by atoms with van der Waals surface area (Å²) in [6, 6.07) is 0. The molecule has 2 nitrogen and oxygen atoms in total. The van der Waals surface area contributed by atoms with Crippen LogP contribution in [0.3, 0.4) is 0 Å².